The molecular weight excluding hydrogens is 321 g/mol. The number of hydrogen-bond donors (Lipinski definition) is 0. The fourth-order valence-corrected chi connectivity index (χ4v) is 4.08. The van der Waals surface area contributed by atoms with Crippen molar-refractivity contribution in [3.63, 3.8) is 0 Å². The topological polar surface area (TPSA) is 3.24 Å². The highest BCUT2D eigenvalue weighted by Crippen LogP contribution is 2.39. The summed E-state index contributed by atoms with van der Waals surface area (Å²) in [6.45, 7) is 0. The van der Waals surface area contributed by atoms with Crippen LogP contribution in [0.5, 0.6) is 0 Å². The van der Waals surface area contributed by atoms with Gasteiger partial charge in [-0.25, -0.2) is 4.39 Å². The predicted octanol–water partition coefficient (Wildman–Crippen LogP) is 5.50. The molecule has 0 unspecified atom stereocenters. The molecule has 0 bridgehead atoms. The van der Waals surface area contributed by atoms with E-state index >= 15 is 0 Å². The van der Waals surface area contributed by atoms with E-state index in [0.717, 1.165) is 24.0 Å². The third kappa shape index (κ3) is 3.30. The molecule has 3 aromatic rings. The Bertz CT molecular complexity index is 898. The molecule has 2 heteroatoms. The van der Waals surface area contributed by atoms with Crippen LogP contribution in [0.4, 0.5) is 4.39 Å². The van der Waals surface area contributed by atoms with Crippen LogP contribution in [0.2, 0.25) is 0 Å². The number of halogens is 1. The highest BCUT2D eigenvalue weighted by Gasteiger charge is 2.29. The molecule has 0 amide bonds. The summed E-state index contributed by atoms with van der Waals surface area (Å²) in [4.78, 5) is 2.34. The van der Waals surface area contributed by atoms with Gasteiger partial charge in [-0.05, 0) is 66.9 Å². The van der Waals surface area contributed by atoms with Crippen LogP contribution in [-0.4, -0.2) is 25.0 Å². The van der Waals surface area contributed by atoms with E-state index in [1.54, 1.807) is 0 Å². The first-order valence-corrected chi connectivity index (χ1v) is 9.22. The molecule has 132 valence electrons. The second-order valence-corrected chi connectivity index (χ2v) is 7.44. The molecule has 26 heavy (non-hydrogen) atoms. The summed E-state index contributed by atoms with van der Waals surface area (Å²) in [6, 6.07) is 24.9. The Morgan fingerprint density at radius 3 is 2.38 bits per heavy atom. The molecule has 1 aliphatic rings. The Balaban J connectivity index is 1.74. The largest absolute Gasteiger partial charge is 0.306 e. The van der Waals surface area contributed by atoms with Gasteiger partial charge < -0.3 is 4.90 Å². The molecule has 0 spiro atoms. The van der Waals surface area contributed by atoms with Crippen LogP contribution in [0, 0.1) is 5.82 Å². The summed E-state index contributed by atoms with van der Waals surface area (Å²) in [5.41, 5.74) is 6.44. The van der Waals surface area contributed by atoms with E-state index in [1.807, 2.05) is 12.1 Å². The van der Waals surface area contributed by atoms with Gasteiger partial charge in [0.05, 0.1) is 0 Å². The number of likely N-dealkylation sites (N-methyl/N-ethyl adjacent to an activating group) is 1. The lowest BCUT2D eigenvalue weighted by Crippen LogP contribution is -2.35. The predicted molar refractivity (Wildman–Crippen MR) is 106 cm³/mol. The number of benzene rings is 3. The van der Waals surface area contributed by atoms with E-state index in [-0.39, 0.29) is 5.82 Å². The molecule has 0 fully saturated rings. The van der Waals surface area contributed by atoms with E-state index in [0.29, 0.717) is 12.0 Å². The molecule has 1 aliphatic carbocycles. The lowest BCUT2D eigenvalue weighted by Gasteiger charge is -2.35. The van der Waals surface area contributed by atoms with Crippen molar-refractivity contribution in [2.24, 2.45) is 0 Å². The van der Waals surface area contributed by atoms with Crippen LogP contribution in [0.1, 0.15) is 29.0 Å². The van der Waals surface area contributed by atoms with Crippen LogP contribution in [0.15, 0.2) is 72.8 Å². The van der Waals surface area contributed by atoms with Crippen LogP contribution in [0.3, 0.4) is 0 Å². The number of rotatable bonds is 3. The molecule has 0 saturated carbocycles. The standard InChI is InChI=1S/C24H24FN/c1-26(2)22-15-20-6-3-4-9-23(20)24(16-22)19-8-5-7-18(14-19)17-10-12-21(25)13-11-17/h3-14,22,24H,15-16H2,1-2H3/t22-,24-/m1/s1. The zero-order valence-corrected chi connectivity index (χ0v) is 15.3. The average Bonchev–Trinajstić information content (AvgIpc) is 2.67. The molecule has 0 aromatic heterocycles. The van der Waals surface area contributed by atoms with Gasteiger partial charge in [0.25, 0.3) is 0 Å². The SMILES string of the molecule is CN(C)[C@@H]1Cc2ccccc2[C@@H](c2cccc(-c3ccc(F)cc3)c2)C1. The smallest absolute Gasteiger partial charge is 0.123 e. The fourth-order valence-electron chi connectivity index (χ4n) is 4.08. The van der Waals surface area contributed by atoms with E-state index in [9.17, 15) is 4.39 Å². The molecule has 4 rings (SSSR count). The zero-order chi connectivity index (χ0) is 18.1. The Kier molecular flexibility index (Phi) is 4.60. The summed E-state index contributed by atoms with van der Waals surface area (Å²) < 4.78 is 13.3. The molecule has 2 atom stereocenters. The second kappa shape index (κ2) is 7.05. The summed E-state index contributed by atoms with van der Waals surface area (Å²) >= 11 is 0. The minimum absolute atomic E-state index is 0.195. The summed E-state index contributed by atoms with van der Waals surface area (Å²) in [6.07, 6.45) is 2.23. The first-order valence-electron chi connectivity index (χ1n) is 9.22. The monoisotopic (exact) mass is 345 g/mol. The quantitative estimate of drug-likeness (QED) is 0.606. The third-order valence-electron chi connectivity index (χ3n) is 5.59. The van der Waals surface area contributed by atoms with Gasteiger partial charge in [-0.2, -0.15) is 0 Å². The van der Waals surface area contributed by atoms with Gasteiger partial charge in [-0.15, -0.1) is 0 Å². The zero-order valence-electron chi connectivity index (χ0n) is 15.3. The van der Waals surface area contributed by atoms with E-state index in [2.05, 4.69) is 67.5 Å². The third-order valence-corrected chi connectivity index (χ3v) is 5.59. The van der Waals surface area contributed by atoms with Gasteiger partial charge in [0, 0.05) is 12.0 Å². The van der Waals surface area contributed by atoms with Crippen molar-refractivity contribution >= 4 is 0 Å². The number of nitrogens with zero attached hydrogens (tertiary/aromatic N) is 1. The highest BCUT2D eigenvalue weighted by atomic mass is 19.1. The average molecular weight is 345 g/mol. The van der Waals surface area contributed by atoms with Crippen LogP contribution < -0.4 is 0 Å². The van der Waals surface area contributed by atoms with E-state index < -0.39 is 0 Å². The maximum absolute atomic E-state index is 13.3. The minimum Gasteiger partial charge on any atom is -0.306 e. The van der Waals surface area contributed by atoms with Crippen molar-refractivity contribution < 1.29 is 4.39 Å². The molecule has 0 aliphatic heterocycles. The highest BCUT2D eigenvalue weighted by molar-refractivity contribution is 5.64. The molecule has 0 saturated heterocycles. The Hall–Kier alpha value is -2.45. The normalized spacial score (nSPS) is 19.4. The molecule has 0 heterocycles. The van der Waals surface area contributed by atoms with Gasteiger partial charge in [0.15, 0.2) is 0 Å². The molecule has 0 N–H and O–H groups in total. The summed E-state index contributed by atoms with van der Waals surface area (Å²) in [5, 5.41) is 0. The van der Waals surface area contributed by atoms with Gasteiger partial charge in [0.2, 0.25) is 0 Å². The van der Waals surface area contributed by atoms with Crippen LogP contribution >= 0.6 is 0 Å². The van der Waals surface area contributed by atoms with Crippen molar-refractivity contribution in [3.05, 3.63) is 95.3 Å². The van der Waals surface area contributed by atoms with E-state index in [4.69, 9.17) is 0 Å². The van der Waals surface area contributed by atoms with Crippen molar-refractivity contribution in [1.82, 2.24) is 4.90 Å². The maximum Gasteiger partial charge on any atom is 0.123 e. The summed E-state index contributed by atoms with van der Waals surface area (Å²) in [7, 11) is 4.34. The first-order chi connectivity index (χ1) is 12.6. The van der Waals surface area contributed by atoms with Crippen molar-refractivity contribution in [2.75, 3.05) is 14.1 Å². The van der Waals surface area contributed by atoms with Crippen molar-refractivity contribution in [3.8, 4) is 11.1 Å². The van der Waals surface area contributed by atoms with E-state index in [1.165, 1.54) is 28.8 Å². The fraction of sp³-hybridized carbons (Fsp3) is 0.250. The molecule has 0 radical (unpaired) electrons. The maximum atomic E-state index is 13.3. The Morgan fingerprint density at radius 1 is 0.846 bits per heavy atom. The Labute approximate surface area is 155 Å². The van der Waals surface area contributed by atoms with Crippen LogP contribution in [0.25, 0.3) is 11.1 Å². The van der Waals surface area contributed by atoms with Gasteiger partial charge in [-0.3, -0.25) is 0 Å². The van der Waals surface area contributed by atoms with Crippen molar-refractivity contribution in [1.29, 1.82) is 0 Å². The molecule has 3 aromatic carbocycles. The van der Waals surface area contributed by atoms with Crippen LogP contribution in [-0.2, 0) is 6.42 Å². The Morgan fingerprint density at radius 2 is 1.62 bits per heavy atom. The first kappa shape index (κ1) is 17.0. The lowest BCUT2D eigenvalue weighted by atomic mass is 9.76. The number of fused-ring (bicyclic) bond motifs is 1. The summed E-state index contributed by atoms with van der Waals surface area (Å²) in [5.74, 6) is 0.202. The van der Waals surface area contributed by atoms with Gasteiger partial charge in [0.1, 0.15) is 5.82 Å². The second-order valence-electron chi connectivity index (χ2n) is 7.44. The molecular formula is C24H24FN. The van der Waals surface area contributed by atoms with Gasteiger partial charge in [-0.1, -0.05) is 60.7 Å². The minimum atomic E-state index is -0.195. The van der Waals surface area contributed by atoms with Gasteiger partial charge >= 0.3 is 0 Å². The molecule has 1 nitrogen and oxygen atoms in total. The number of hydrogen-bond acceptors (Lipinski definition) is 1. The lowest BCUT2D eigenvalue weighted by molar-refractivity contribution is 0.258. The van der Waals surface area contributed by atoms with Crippen molar-refractivity contribution in [2.45, 2.75) is 24.8 Å².